The molecule has 30 nitrogen and oxygen atoms in total. The molecule has 0 aliphatic heterocycles. The third kappa shape index (κ3) is 27.9. The lowest BCUT2D eigenvalue weighted by atomic mass is 10.1. The van der Waals surface area contributed by atoms with Crippen LogP contribution in [0.2, 0.25) is 10.3 Å². The summed E-state index contributed by atoms with van der Waals surface area (Å²) in [5.74, 6) is -2.96. The number of anilines is 7. The summed E-state index contributed by atoms with van der Waals surface area (Å²) in [5.41, 5.74) is 20.5. The number of amides is 4. The van der Waals surface area contributed by atoms with Crippen molar-refractivity contribution in [3.8, 4) is 0 Å². The first-order valence-corrected chi connectivity index (χ1v) is 30.8. The Kier molecular flexibility index (Phi) is 31.6. The van der Waals surface area contributed by atoms with Crippen LogP contribution in [0.25, 0.3) is 0 Å². The van der Waals surface area contributed by atoms with Crippen LogP contribution in [0.4, 0.5) is 77.5 Å². The van der Waals surface area contributed by atoms with Crippen molar-refractivity contribution >= 4 is 121 Å². The number of nitrogens with one attached hydrogen (secondary N) is 4. The molecule has 0 saturated carbocycles. The lowest BCUT2D eigenvalue weighted by molar-refractivity contribution is -0.385. The number of aryl methyl sites for hydroxylation is 4. The van der Waals surface area contributed by atoms with Gasteiger partial charge in [0.2, 0.25) is 0 Å². The number of nitro groups is 2. The van der Waals surface area contributed by atoms with Crippen LogP contribution in [0.1, 0.15) is 95.5 Å². The number of alkyl halides is 6. The Hall–Kier alpha value is -13.6. The second-order valence-electron chi connectivity index (χ2n) is 21.1. The lowest BCUT2D eigenvalue weighted by Crippen LogP contribution is -2.16. The van der Waals surface area contributed by atoms with Gasteiger partial charge in [0.25, 0.3) is 40.2 Å². The second-order valence-corrected chi connectivity index (χ2v) is 22.2. The molecule has 11 rings (SSSR count). The van der Waals surface area contributed by atoms with Crippen molar-refractivity contribution in [3.05, 3.63) is 300 Å². The zero-order valence-electron chi connectivity index (χ0n) is 55.6. The van der Waals surface area contributed by atoms with E-state index in [1.54, 1.807) is 57.4 Å². The maximum atomic E-state index is 12.8. The van der Waals surface area contributed by atoms with E-state index in [2.05, 4.69) is 71.1 Å². The quantitative estimate of drug-likeness (QED) is 0.0141. The minimum Gasteiger partial charge on any atom is -0.478 e. The number of hydrogen-bond acceptors (Lipinski definition) is 23. The van der Waals surface area contributed by atoms with E-state index in [0.29, 0.717) is 50.7 Å². The average Bonchev–Trinajstić information content (AvgIpc) is 0.835. The molecule has 39 heteroatoms. The Morgan fingerprint density at radius 3 is 1.14 bits per heavy atom. The minimum atomic E-state index is -4.55. The van der Waals surface area contributed by atoms with Gasteiger partial charge >= 0.3 is 18.3 Å². The van der Waals surface area contributed by atoms with E-state index in [9.17, 15) is 75.3 Å². The molecule has 11 aromatic rings. The summed E-state index contributed by atoms with van der Waals surface area (Å²) in [5, 5.41) is 39.6. The predicted molar refractivity (Wildman–Crippen MR) is 383 cm³/mol. The van der Waals surface area contributed by atoms with Crippen LogP contribution in [0.15, 0.2) is 203 Å². The molecule has 0 unspecified atom stereocenters. The molecule has 11 N–H and O–H groups in total. The predicted octanol–water partition coefficient (Wildman–Crippen LogP) is 14.0. The highest BCUT2D eigenvalue weighted by molar-refractivity contribution is 6.67. The summed E-state index contributed by atoms with van der Waals surface area (Å²) >= 11 is 15.9. The number of nitrogen functional groups attached to an aromatic ring is 3. The number of hydrogen-bond donors (Lipinski definition) is 8. The van der Waals surface area contributed by atoms with Crippen molar-refractivity contribution in [3.63, 3.8) is 0 Å². The molecule has 107 heavy (non-hydrogen) atoms. The summed E-state index contributed by atoms with van der Waals surface area (Å²) in [4.78, 5) is 127. The normalized spacial score (nSPS) is 10.3. The third-order valence-corrected chi connectivity index (χ3v) is 14.1. The molecule has 0 atom stereocenters. The highest BCUT2D eigenvalue weighted by Crippen LogP contribution is 2.32. The van der Waals surface area contributed by atoms with Crippen LogP contribution in [0.5, 0.6) is 0 Å². The number of carboxylic acids is 1. The fourth-order valence-electron chi connectivity index (χ4n) is 7.96. The first kappa shape index (κ1) is 84.0. The second kappa shape index (κ2) is 40.3. The summed E-state index contributed by atoms with van der Waals surface area (Å²) in [7, 11) is 0. The molecule has 0 bridgehead atoms. The highest BCUT2D eigenvalue weighted by Gasteiger charge is 2.32. The Morgan fingerprint density at radius 2 is 0.766 bits per heavy atom. The SMILES string of the molecule is Cc1ccc(N)cc1C(=O)Nc1cncnc1.Cc1ccc(NC(=O)c2cccc(C(F)(F)F)c2)cc1C(=O)Nc1cncnc1.Cc1ccc([N+](=O)[O-])cc1C(=O)Nc1cncnc1.Cc1ccc([N+](=O)[O-])cc1C(=O)O.Nc1c(Cl)ncnc1Cl.Nc1cncnc1.O=C(Cl)c1cccc(C(F)(F)F)c1. The van der Waals surface area contributed by atoms with Crippen molar-refractivity contribution < 1.29 is 70.1 Å². The van der Waals surface area contributed by atoms with E-state index in [1.807, 2.05) is 13.0 Å². The number of rotatable bonds is 12. The molecule has 0 radical (unpaired) electrons. The standard InChI is InChI=1S/C20H15F3N4O2.C12H10N4O3.C12H12N4O.C8H4ClF3O.C8H7NO4.C4H3Cl2N3.C4H5N3/c1-12-5-6-15(8-17(12)19(29)27-16-9-24-11-25-10-16)26-18(28)13-3-2-4-14(7-13)20(21,22)23;1-8-2-3-10(16(18)19)4-11(8)12(17)15-9-5-13-7-14-6-9;1-8-2-3-9(13)4-11(8)12(17)16-10-5-14-7-15-6-10;9-7(13)5-2-1-3-6(4-5)8(10,11)12;1-5-2-3-6(9(12)13)4-7(5)8(10)11;5-3-2(7)4(6)9-1-8-3;5-4-1-6-3-7-2-4/h2-11H,1H3,(H,26,28)(H,27,29);2-7H,1H3,(H,15,17);2-7H,13H2,1H3,(H,16,17);1-4H;2-4H,1H3,(H,10,11);1H,7H2;1-3H,5H2. The molecule has 0 aliphatic rings. The fourth-order valence-corrected chi connectivity index (χ4v) is 8.39. The van der Waals surface area contributed by atoms with Crippen molar-refractivity contribution in [2.24, 2.45) is 0 Å². The molecule has 5 aromatic heterocycles. The monoisotopic (exact) mass is 1530 g/mol. The summed E-state index contributed by atoms with van der Waals surface area (Å²) in [6, 6.07) is 25.8. The van der Waals surface area contributed by atoms with E-state index < -0.39 is 62.3 Å². The van der Waals surface area contributed by atoms with E-state index in [-0.39, 0.29) is 66.8 Å². The number of carbonyl (C=O) groups excluding carboxylic acids is 5. The first-order valence-electron chi connectivity index (χ1n) is 29.7. The van der Waals surface area contributed by atoms with Gasteiger partial charge in [0.15, 0.2) is 10.3 Å². The van der Waals surface area contributed by atoms with Crippen molar-refractivity contribution in [2.75, 3.05) is 38.5 Å². The molecule has 552 valence electrons. The summed E-state index contributed by atoms with van der Waals surface area (Å²) in [6.45, 7) is 6.87. The number of non-ortho nitro benzene ring substituents is 2. The van der Waals surface area contributed by atoms with Gasteiger partial charge in [0.05, 0.1) is 98.9 Å². The maximum absolute atomic E-state index is 12.8. The van der Waals surface area contributed by atoms with Gasteiger partial charge < -0.3 is 43.6 Å². The van der Waals surface area contributed by atoms with Crippen LogP contribution in [-0.4, -0.2) is 99.6 Å². The van der Waals surface area contributed by atoms with E-state index >= 15 is 0 Å². The molecular formula is C68H56Cl3F6N19O11. The van der Waals surface area contributed by atoms with Gasteiger partial charge in [-0.05, 0) is 116 Å². The van der Waals surface area contributed by atoms with Crippen LogP contribution < -0.4 is 38.5 Å². The summed E-state index contributed by atoms with van der Waals surface area (Å²) in [6.07, 6.45) is 9.68. The smallest absolute Gasteiger partial charge is 0.416 e. The largest absolute Gasteiger partial charge is 0.478 e. The van der Waals surface area contributed by atoms with Gasteiger partial charge in [-0.1, -0.05) is 65.7 Å². The van der Waals surface area contributed by atoms with Gasteiger partial charge in [-0.3, -0.25) is 44.2 Å². The number of halogens is 9. The van der Waals surface area contributed by atoms with Crippen molar-refractivity contribution in [2.45, 2.75) is 40.0 Å². The zero-order chi connectivity index (χ0) is 79.1. The molecule has 0 fully saturated rings. The highest BCUT2D eigenvalue weighted by atomic mass is 35.5. The van der Waals surface area contributed by atoms with Crippen LogP contribution >= 0.6 is 34.8 Å². The number of aromatic carboxylic acids is 1. The number of carboxylic acid groups (broad SMARTS) is 1. The Bertz CT molecular complexity index is 4920. The number of nitrogens with two attached hydrogens (primary N) is 3. The topological polar surface area (TPSA) is 464 Å². The van der Waals surface area contributed by atoms with Gasteiger partial charge in [-0.25, -0.2) is 54.6 Å². The number of carbonyl (C=O) groups is 6. The molecule has 0 spiro atoms. The van der Waals surface area contributed by atoms with Crippen molar-refractivity contribution in [1.29, 1.82) is 0 Å². The lowest BCUT2D eigenvalue weighted by Gasteiger charge is -2.12. The molecule has 6 aromatic carbocycles. The van der Waals surface area contributed by atoms with Gasteiger partial charge in [-0.15, -0.1) is 0 Å². The first-order chi connectivity index (χ1) is 50.5. The third-order valence-electron chi connectivity index (χ3n) is 13.3. The number of nitro benzene ring substituents is 2. The van der Waals surface area contributed by atoms with Crippen LogP contribution in [0.3, 0.4) is 0 Å². The minimum absolute atomic E-state index is 0.0331. The number of benzene rings is 6. The summed E-state index contributed by atoms with van der Waals surface area (Å²) < 4.78 is 74.7. The number of aromatic nitrogens is 10. The average molecular weight is 1540 g/mol. The van der Waals surface area contributed by atoms with Gasteiger partial charge in [0, 0.05) is 63.5 Å². The molecule has 4 amide bonds. The van der Waals surface area contributed by atoms with Crippen LogP contribution in [-0.2, 0) is 12.4 Å². The molecule has 0 saturated heterocycles. The molecular weight excluding hydrogens is 1480 g/mol. The van der Waals surface area contributed by atoms with E-state index in [0.717, 1.165) is 48.0 Å². The van der Waals surface area contributed by atoms with Crippen molar-refractivity contribution in [1.82, 2.24) is 49.8 Å². The molecule has 5 heterocycles. The number of nitrogens with zero attached hydrogens (tertiary/aromatic N) is 12. The maximum Gasteiger partial charge on any atom is 0.416 e. The van der Waals surface area contributed by atoms with Gasteiger partial charge in [0.1, 0.15) is 37.3 Å². The Labute approximate surface area is 616 Å². The molecule has 0 aliphatic carbocycles. The van der Waals surface area contributed by atoms with Gasteiger partial charge in [-0.2, -0.15) is 26.3 Å². The Morgan fingerprint density at radius 1 is 0.421 bits per heavy atom. The van der Waals surface area contributed by atoms with E-state index in [1.165, 1.54) is 117 Å². The Balaban J connectivity index is 0.000000234. The van der Waals surface area contributed by atoms with Crippen LogP contribution in [0, 0.1) is 47.9 Å². The van der Waals surface area contributed by atoms with E-state index in [4.69, 9.17) is 57.1 Å². The fraction of sp³-hybridized carbons (Fsp3) is 0.0882. The zero-order valence-corrected chi connectivity index (χ0v) is 57.9.